The molecule has 0 aliphatic rings. The first-order valence-corrected chi connectivity index (χ1v) is 6.71. The molecule has 21 heavy (non-hydrogen) atoms. The maximum Gasteiger partial charge on any atom is 0.248 e. The molecule has 1 aromatic heterocycles. The number of carbonyl (C=O) groups excluding carboxylic acids is 1. The van der Waals surface area contributed by atoms with Gasteiger partial charge < -0.3 is 10.7 Å². The Morgan fingerprint density at radius 2 is 1.90 bits per heavy atom. The molecule has 2 aromatic carbocycles. The van der Waals surface area contributed by atoms with E-state index in [0.717, 1.165) is 22.2 Å². The number of fused-ring (bicyclic) bond motifs is 1. The highest BCUT2D eigenvalue weighted by atomic mass is 16.2. The molecule has 1 heterocycles. The van der Waals surface area contributed by atoms with Crippen LogP contribution in [0.4, 0.5) is 5.95 Å². The van der Waals surface area contributed by atoms with Crippen molar-refractivity contribution in [2.24, 2.45) is 5.73 Å². The summed E-state index contributed by atoms with van der Waals surface area (Å²) in [6, 6.07) is 14.4. The van der Waals surface area contributed by atoms with Gasteiger partial charge in [-0.15, -0.1) is 0 Å². The molecule has 0 aliphatic carbocycles. The van der Waals surface area contributed by atoms with Gasteiger partial charge in [0, 0.05) is 0 Å². The van der Waals surface area contributed by atoms with E-state index in [9.17, 15) is 4.79 Å². The molecule has 0 radical (unpaired) electrons. The first-order chi connectivity index (χ1) is 10.1. The largest absolute Gasteiger partial charge is 0.324 e. The molecule has 5 heteroatoms. The smallest absolute Gasteiger partial charge is 0.248 e. The summed E-state index contributed by atoms with van der Waals surface area (Å²) in [7, 11) is 0. The predicted molar refractivity (Wildman–Crippen MR) is 82.8 cm³/mol. The van der Waals surface area contributed by atoms with Crippen LogP contribution in [0.2, 0.25) is 0 Å². The number of amides is 1. The third-order valence-corrected chi connectivity index (χ3v) is 3.35. The summed E-state index contributed by atoms with van der Waals surface area (Å²) in [5.41, 5.74) is 9.55. The predicted octanol–water partition coefficient (Wildman–Crippen LogP) is 2.51. The first kappa shape index (κ1) is 13.3. The van der Waals surface area contributed by atoms with Crippen LogP contribution in [0.25, 0.3) is 11.0 Å². The fourth-order valence-electron chi connectivity index (χ4n) is 2.13. The average molecular weight is 280 g/mol. The minimum atomic E-state index is -0.723. The molecule has 0 bridgehead atoms. The van der Waals surface area contributed by atoms with Gasteiger partial charge in [0.15, 0.2) is 0 Å². The van der Waals surface area contributed by atoms with Gasteiger partial charge in [-0.05, 0) is 24.6 Å². The van der Waals surface area contributed by atoms with Crippen molar-refractivity contribution in [2.45, 2.75) is 13.0 Å². The van der Waals surface area contributed by atoms with E-state index < -0.39 is 6.04 Å². The lowest BCUT2D eigenvalue weighted by molar-refractivity contribution is -0.117. The van der Waals surface area contributed by atoms with Crippen molar-refractivity contribution in [2.75, 3.05) is 5.32 Å². The molecule has 0 saturated heterocycles. The second-order valence-corrected chi connectivity index (χ2v) is 4.98. The Morgan fingerprint density at radius 1 is 1.19 bits per heavy atom. The van der Waals surface area contributed by atoms with Crippen LogP contribution >= 0.6 is 0 Å². The number of carbonyl (C=O) groups is 1. The maximum atomic E-state index is 12.2. The van der Waals surface area contributed by atoms with Crippen molar-refractivity contribution in [3.8, 4) is 0 Å². The highest BCUT2D eigenvalue weighted by Crippen LogP contribution is 2.16. The van der Waals surface area contributed by atoms with Crippen LogP contribution in [0.15, 0.2) is 48.5 Å². The molecular weight excluding hydrogens is 264 g/mol. The number of H-pyrrole nitrogens is 1. The Labute approximate surface area is 122 Å². The van der Waals surface area contributed by atoms with E-state index in [2.05, 4.69) is 15.3 Å². The van der Waals surface area contributed by atoms with Crippen LogP contribution in [-0.2, 0) is 4.79 Å². The lowest BCUT2D eigenvalue weighted by Crippen LogP contribution is -2.28. The number of nitrogens with two attached hydrogens (primary N) is 1. The van der Waals surface area contributed by atoms with Crippen molar-refractivity contribution in [3.63, 3.8) is 0 Å². The summed E-state index contributed by atoms with van der Waals surface area (Å²) in [4.78, 5) is 19.5. The number of imidazole rings is 1. The third kappa shape index (κ3) is 2.78. The number of hydrogen-bond donors (Lipinski definition) is 3. The topological polar surface area (TPSA) is 83.8 Å². The van der Waals surface area contributed by atoms with E-state index in [0.29, 0.717) is 5.95 Å². The van der Waals surface area contributed by atoms with Crippen LogP contribution < -0.4 is 11.1 Å². The van der Waals surface area contributed by atoms with Crippen LogP contribution in [0, 0.1) is 6.92 Å². The summed E-state index contributed by atoms with van der Waals surface area (Å²) >= 11 is 0. The fraction of sp³-hybridized carbons (Fsp3) is 0.125. The van der Waals surface area contributed by atoms with E-state index in [1.165, 1.54) is 0 Å². The summed E-state index contributed by atoms with van der Waals surface area (Å²) in [5.74, 6) is 0.113. The van der Waals surface area contributed by atoms with Gasteiger partial charge in [0.25, 0.3) is 0 Å². The molecule has 3 rings (SSSR count). The quantitative estimate of drug-likeness (QED) is 0.689. The number of anilines is 1. The number of aromatic amines is 1. The van der Waals surface area contributed by atoms with Gasteiger partial charge in [-0.2, -0.15) is 0 Å². The minimum absolute atomic E-state index is 0.294. The van der Waals surface area contributed by atoms with Crippen molar-refractivity contribution in [3.05, 3.63) is 59.7 Å². The molecule has 0 spiro atoms. The van der Waals surface area contributed by atoms with Gasteiger partial charge in [-0.3, -0.25) is 10.1 Å². The normalized spacial score (nSPS) is 12.3. The molecular formula is C16H16N4O. The molecule has 1 unspecified atom stereocenters. The highest BCUT2D eigenvalue weighted by molar-refractivity contribution is 5.95. The molecule has 5 nitrogen and oxygen atoms in total. The molecule has 1 amide bonds. The van der Waals surface area contributed by atoms with Crippen molar-refractivity contribution in [1.29, 1.82) is 0 Å². The SMILES string of the molecule is Cc1ccc(C(N)C(=O)Nc2nc3ccccc3[nH]2)cc1. The fourth-order valence-corrected chi connectivity index (χ4v) is 2.13. The van der Waals surface area contributed by atoms with Crippen molar-refractivity contribution >= 4 is 22.9 Å². The summed E-state index contributed by atoms with van der Waals surface area (Å²) in [6.07, 6.45) is 0. The Balaban J connectivity index is 1.77. The van der Waals surface area contributed by atoms with Gasteiger partial charge in [-0.1, -0.05) is 42.0 Å². The zero-order valence-corrected chi connectivity index (χ0v) is 11.6. The lowest BCUT2D eigenvalue weighted by Gasteiger charge is -2.11. The Kier molecular flexibility index (Phi) is 3.41. The Bertz CT molecular complexity index is 743. The van der Waals surface area contributed by atoms with Gasteiger partial charge in [0.05, 0.1) is 11.0 Å². The number of para-hydroxylation sites is 2. The minimum Gasteiger partial charge on any atom is -0.324 e. The second kappa shape index (κ2) is 5.38. The first-order valence-electron chi connectivity index (χ1n) is 6.71. The van der Waals surface area contributed by atoms with E-state index >= 15 is 0 Å². The summed E-state index contributed by atoms with van der Waals surface area (Å²) in [6.45, 7) is 1.99. The molecule has 0 saturated carbocycles. The third-order valence-electron chi connectivity index (χ3n) is 3.35. The monoisotopic (exact) mass is 280 g/mol. The number of aromatic nitrogens is 2. The van der Waals surface area contributed by atoms with Crippen LogP contribution in [-0.4, -0.2) is 15.9 Å². The zero-order chi connectivity index (χ0) is 14.8. The summed E-state index contributed by atoms with van der Waals surface area (Å²) in [5, 5.41) is 2.71. The van der Waals surface area contributed by atoms with E-state index in [-0.39, 0.29) is 5.91 Å². The maximum absolute atomic E-state index is 12.2. The van der Waals surface area contributed by atoms with Gasteiger partial charge in [0.2, 0.25) is 11.9 Å². The van der Waals surface area contributed by atoms with Gasteiger partial charge in [0.1, 0.15) is 6.04 Å². The number of nitrogens with one attached hydrogen (secondary N) is 2. The Morgan fingerprint density at radius 3 is 2.62 bits per heavy atom. The van der Waals surface area contributed by atoms with Crippen LogP contribution in [0.1, 0.15) is 17.2 Å². The molecule has 3 aromatic rings. The van der Waals surface area contributed by atoms with Crippen LogP contribution in [0.3, 0.4) is 0 Å². The number of benzene rings is 2. The lowest BCUT2D eigenvalue weighted by atomic mass is 10.1. The second-order valence-electron chi connectivity index (χ2n) is 4.98. The van der Waals surface area contributed by atoms with Gasteiger partial charge >= 0.3 is 0 Å². The van der Waals surface area contributed by atoms with Gasteiger partial charge in [-0.25, -0.2) is 4.98 Å². The average Bonchev–Trinajstić information content (AvgIpc) is 2.89. The number of hydrogen-bond acceptors (Lipinski definition) is 3. The number of aryl methyl sites for hydroxylation is 1. The number of rotatable bonds is 3. The highest BCUT2D eigenvalue weighted by Gasteiger charge is 2.17. The molecule has 0 aliphatic heterocycles. The van der Waals surface area contributed by atoms with E-state index in [4.69, 9.17) is 5.73 Å². The summed E-state index contributed by atoms with van der Waals surface area (Å²) < 4.78 is 0. The van der Waals surface area contributed by atoms with E-state index in [1.54, 1.807) is 0 Å². The molecule has 0 fully saturated rings. The Hall–Kier alpha value is -2.66. The standard InChI is InChI=1S/C16H16N4O/c1-10-6-8-11(9-7-10)14(17)15(21)20-16-18-12-4-2-3-5-13(12)19-16/h2-9,14H,17H2,1H3,(H2,18,19,20,21). The number of nitrogens with zero attached hydrogens (tertiary/aromatic N) is 1. The molecule has 106 valence electrons. The zero-order valence-electron chi connectivity index (χ0n) is 11.6. The van der Waals surface area contributed by atoms with Crippen molar-refractivity contribution in [1.82, 2.24) is 9.97 Å². The molecule has 1 atom stereocenters. The van der Waals surface area contributed by atoms with Crippen molar-refractivity contribution < 1.29 is 4.79 Å². The molecule has 4 N–H and O–H groups in total. The van der Waals surface area contributed by atoms with Crippen LogP contribution in [0.5, 0.6) is 0 Å². The van der Waals surface area contributed by atoms with E-state index in [1.807, 2.05) is 55.5 Å².